The maximum absolute atomic E-state index is 13.1. The van der Waals surface area contributed by atoms with Crippen molar-refractivity contribution in [3.63, 3.8) is 0 Å². The lowest BCUT2D eigenvalue weighted by Gasteiger charge is -2.23. The van der Waals surface area contributed by atoms with Crippen molar-refractivity contribution in [1.29, 1.82) is 5.26 Å². The summed E-state index contributed by atoms with van der Waals surface area (Å²) in [7, 11) is -3.98. The molecule has 0 saturated carbocycles. The van der Waals surface area contributed by atoms with E-state index in [2.05, 4.69) is 0 Å². The summed E-state index contributed by atoms with van der Waals surface area (Å²) in [6, 6.07) is 12.4. The van der Waals surface area contributed by atoms with Crippen LogP contribution in [0.1, 0.15) is 24.1 Å². The summed E-state index contributed by atoms with van der Waals surface area (Å²) in [4.78, 5) is 10.3. The van der Waals surface area contributed by atoms with Crippen LogP contribution in [0.25, 0.3) is 0 Å². The highest BCUT2D eigenvalue weighted by Gasteiger charge is 2.45. The number of nitrogens with zero attached hydrogens (tertiary/aromatic N) is 3. The molecule has 0 bridgehead atoms. The van der Waals surface area contributed by atoms with Gasteiger partial charge < -0.3 is 9.84 Å². The van der Waals surface area contributed by atoms with E-state index in [1.165, 1.54) is 30.3 Å². The molecule has 0 saturated heterocycles. The van der Waals surface area contributed by atoms with E-state index in [1.54, 1.807) is 25.1 Å². The number of sulfonamides is 1. The van der Waals surface area contributed by atoms with Crippen molar-refractivity contribution >= 4 is 15.7 Å². The second-order valence-electron chi connectivity index (χ2n) is 6.18. The number of fused-ring (bicyclic) bond motifs is 1. The van der Waals surface area contributed by atoms with Crippen molar-refractivity contribution in [2.45, 2.75) is 24.4 Å². The number of benzene rings is 2. The zero-order valence-corrected chi connectivity index (χ0v) is 16.2. The molecule has 1 heterocycles. The van der Waals surface area contributed by atoms with Gasteiger partial charge in [-0.15, -0.1) is 0 Å². The SMILES string of the molecule is CCO/C(O)=C(/C#N)C1c2ccccc2S(=O)(=O)N1Cc1ccc([N+](=O)[O-])cc1. The maximum atomic E-state index is 13.1. The van der Waals surface area contributed by atoms with Gasteiger partial charge in [0, 0.05) is 18.7 Å². The second-order valence-corrected chi connectivity index (χ2v) is 8.04. The number of aliphatic hydroxyl groups excluding tert-OH is 1. The predicted octanol–water partition coefficient (Wildman–Crippen LogP) is 3.17. The molecule has 0 fully saturated rings. The fourth-order valence-electron chi connectivity index (χ4n) is 3.18. The lowest BCUT2D eigenvalue weighted by atomic mass is 9.99. The Kier molecular flexibility index (Phi) is 5.54. The van der Waals surface area contributed by atoms with Crippen molar-refractivity contribution in [3.05, 3.63) is 81.3 Å². The fraction of sp³-hybridized carbons (Fsp3) is 0.211. The average Bonchev–Trinajstić information content (AvgIpc) is 2.91. The minimum atomic E-state index is -3.98. The third-order valence-corrected chi connectivity index (χ3v) is 6.36. The number of rotatable bonds is 6. The van der Waals surface area contributed by atoms with Crippen LogP contribution in [0.2, 0.25) is 0 Å². The first kappa shape index (κ1) is 20.3. The standard InChI is InChI=1S/C19H17N3O6S/c1-2-28-19(23)16(11-20)18-15-5-3-4-6-17(15)29(26,27)21(18)12-13-7-9-14(10-8-13)22(24)25/h3-10,18,23H,2,12H2,1H3/b19-16-. The molecule has 2 aromatic carbocycles. The minimum absolute atomic E-state index is 0.0314. The van der Waals surface area contributed by atoms with Gasteiger partial charge in [-0.25, -0.2) is 8.42 Å². The zero-order valence-electron chi connectivity index (χ0n) is 15.3. The van der Waals surface area contributed by atoms with Gasteiger partial charge in [-0.2, -0.15) is 9.57 Å². The Hall–Kier alpha value is -3.42. The molecule has 0 amide bonds. The topological polar surface area (TPSA) is 134 Å². The quantitative estimate of drug-likeness (QED) is 0.331. The first-order chi connectivity index (χ1) is 13.8. The molecule has 0 spiro atoms. The molecule has 29 heavy (non-hydrogen) atoms. The summed E-state index contributed by atoms with van der Waals surface area (Å²) in [5.41, 5.74) is 0.481. The molecule has 1 atom stereocenters. The van der Waals surface area contributed by atoms with Gasteiger partial charge >= 0.3 is 0 Å². The highest BCUT2D eigenvalue weighted by atomic mass is 32.2. The van der Waals surface area contributed by atoms with Crippen molar-refractivity contribution in [3.8, 4) is 6.07 Å². The van der Waals surface area contributed by atoms with Crippen LogP contribution in [0, 0.1) is 21.4 Å². The molecule has 1 aliphatic rings. The van der Waals surface area contributed by atoms with Crippen LogP contribution in [0.4, 0.5) is 5.69 Å². The van der Waals surface area contributed by atoms with Gasteiger partial charge in [-0.1, -0.05) is 30.3 Å². The summed E-state index contributed by atoms with van der Waals surface area (Å²) >= 11 is 0. The van der Waals surface area contributed by atoms with Crippen LogP contribution in [-0.4, -0.2) is 29.4 Å². The van der Waals surface area contributed by atoms with E-state index < -0.39 is 26.9 Å². The van der Waals surface area contributed by atoms with E-state index in [4.69, 9.17) is 4.74 Å². The van der Waals surface area contributed by atoms with Gasteiger partial charge in [-0.05, 0) is 24.1 Å². The molecular weight excluding hydrogens is 398 g/mol. The second kappa shape index (κ2) is 7.90. The monoisotopic (exact) mass is 415 g/mol. The van der Waals surface area contributed by atoms with E-state index >= 15 is 0 Å². The average molecular weight is 415 g/mol. The molecule has 0 radical (unpaired) electrons. The molecule has 10 heteroatoms. The molecule has 0 aromatic heterocycles. The number of hydrogen-bond donors (Lipinski definition) is 1. The molecule has 2 aromatic rings. The van der Waals surface area contributed by atoms with Crippen LogP contribution < -0.4 is 0 Å². The molecule has 1 unspecified atom stereocenters. The number of hydrogen-bond acceptors (Lipinski definition) is 7. The lowest BCUT2D eigenvalue weighted by molar-refractivity contribution is -0.384. The molecule has 1 aliphatic heterocycles. The summed E-state index contributed by atoms with van der Waals surface area (Å²) in [6.07, 6.45) is 0. The Labute approximate surface area is 167 Å². The zero-order chi connectivity index (χ0) is 21.2. The number of non-ortho nitro benzene ring substituents is 1. The Morgan fingerprint density at radius 2 is 1.93 bits per heavy atom. The normalized spacial score (nSPS) is 18.4. The highest BCUT2D eigenvalue weighted by molar-refractivity contribution is 7.89. The van der Waals surface area contributed by atoms with Crippen LogP contribution in [0.5, 0.6) is 0 Å². The fourth-order valence-corrected chi connectivity index (χ4v) is 4.98. The summed E-state index contributed by atoms with van der Waals surface area (Å²) < 4.78 is 32.4. The van der Waals surface area contributed by atoms with Gasteiger partial charge in [0.15, 0.2) is 0 Å². The van der Waals surface area contributed by atoms with E-state index in [0.717, 1.165) is 4.31 Å². The van der Waals surface area contributed by atoms with Crippen LogP contribution >= 0.6 is 0 Å². The Morgan fingerprint density at radius 1 is 1.28 bits per heavy atom. The van der Waals surface area contributed by atoms with Crippen LogP contribution in [0.3, 0.4) is 0 Å². The summed E-state index contributed by atoms with van der Waals surface area (Å²) in [6.45, 7) is 1.57. The molecular formula is C19H17N3O6S. The van der Waals surface area contributed by atoms with Gasteiger partial charge in [0.25, 0.3) is 11.6 Å². The van der Waals surface area contributed by atoms with E-state index in [-0.39, 0.29) is 29.3 Å². The molecule has 150 valence electrons. The van der Waals surface area contributed by atoms with Gasteiger partial charge in [-0.3, -0.25) is 10.1 Å². The number of nitriles is 1. The number of nitro groups is 1. The molecule has 9 nitrogen and oxygen atoms in total. The third-order valence-electron chi connectivity index (χ3n) is 4.48. The van der Waals surface area contributed by atoms with Crippen LogP contribution in [-0.2, 0) is 21.3 Å². The van der Waals surface area contributed by atoms with E-state index in [0.29, 0.717) is 11.1 Å². The van der Waals surface area contributed by atoms with Gasteiger partial charge in [0.2, 0.25) is 10.0 Å². The van der Waals surface area contributed by atoms with E-state index in [1.807, 2.05) is 6.07 Å². The Balaban J connectivity index is 2.11. The van der Waals surface area contributed by atoms with Crippen molar-refractivity contribution in [1.82, 2.24) is 4.31 Å². The minimum Gasteiger partial charge on any atom is -0.480 e. The maximum Gasteiger partial charge on any atom is 0.293 e. The smallest absolute Gasteiger partial charge is 0.293 e. The Bertz CT molecular complexity index is 1120. The number of nitro benzene ring substituents is 1. The predicted molar refractivity (Wildman–Crippen MR) is 102 cm³/mol. The third kappa shape index (κ3) is 3.65. The first-order valence-corrected chi connectivity index (χ1v) is 10.1. The largest absolute Gasteiger partial charge is 0.480 e. The molecule has 0 aliphatic carbocycles. The highest BCUT2D eigenvalue weighted by Crippen LogP contribution is 2.44. The van der Waals surface area contributed by atoms with Crippen molar-refractivity contribution < 1.29 is 23.2 Å². The van der Waals surface area contributed by atoms with E-state index in [9.17, 15) is 28.9 Å². The first-order valence-electron chi connectivity index (χ1n) is 8.61. The number of aliphatic hydroxyl groups is 1. The van der Waals surface area contributed by atoms with Gasteiger partial charge in [0.1, 0.15) is 11.6 Å². The van der Waals surface area contributed by atoms with Crippen molar-refractivity contribution in [2.75, 3.05) is 6.61 Å². The molecule has 1 N–H and O–H groups in total. The lowest BCUT2D eigenvalue weighted by Crippen LogP contribution is -2.29. The van der Waals surface area contributed by atoms with Crippen molar-refractivity contribution in [2.24, 2.45) is 0 Å². The summed E-state index contributed by atoms with van der Waals surface area (Å²) in [5.74, 6) is -0.638. The van der Waals surface area contributed by atoms with Gasteiger partial charge in [0.05, 0.1) is 22.5 Å². The number of ether oxygens (including phenoxy) is 1. The summed E-state index contributed by atoms with van der Waals surface area (Å²) in [5, 5.41) is 30.6. The Morgan fingerprint density at radius 3 is 2.52 bits per heavy atom. The van der Waals surface area contributed by atoms with Crippen LogP contribution in [0.15, 0.2) is 64.9 Å². The molecule has 3 rings (SSSR count).